The lowest BCUT2D eigenvalue weighted by Crippen LogP contribution is -2.24. The average molecular weight is 273 g/mol. The van der Waals surface area contributed by atoms with Gasteiger partial charge in [-0.05, 0) is 31.3 Å². The summed E-state index contributed by atoms with van der Waals surface area (Å²) in [4.78, 5) is 6.41. The Morgan fingerprint density at radius 3 is 2.79 bits per heavy atom. The number of ether oxygens (including phenoxy) is 1. The van der Waals surface area contributed by atoms with Crippen LogP contribution < -0.4 is 4.74 Å². The van der Waals surface area contributed by atoms with Crippen LogP contribution in [0.25, 0.3) is 0 Å². The highest BCUT2D eigenvalue weighted by molar-refractivity contribution is 7.07. The van der Waals surface area contributed by atoms with Crippen LogP contribution >= 0.6 is 11.3 Å². The second-order valence-corrected chi connectivity index (χ2v) is 4.92. The highest BCUT2D eigenvalue weighted by Crippen LogP contribution is 2.11. The average Bonchev–Trinajstić information content (AvgIpc) is 2.92. The molecule has 0 saturated carbocycles. The summed E-state index contributed by atoms with van der Waals surface area (Å²) in [6.45, 7) is 2.28. The van der Waals surface area contributed by atoms with Crippen molar-refractivity contribution in [2.24, 2.45) is 0 Å². The number of likely N-dealkylation sites (N-methyl/N-ethyl adjacent to an activating group) is 1. The van der Waals surface area contributed by atoms with Crippen LogP contribution in [0.2, 0.25) is 0 Å². The third kappa shape index (κ3) is 4.36. The van der Waals surface area contributed by atoms with Crippen LogP contribution in [0.5, 0.6) is 5.75 Å². The largest absolute Gasteiger partial charge is 0.492 e. The molecule has 2 rings (SSSR count). The third-order valence-corrected chi connectivity index (χ3v) is 3.28. The van der Waals surface area contributed by atoms with E-state index in [9.17, 15) is 0 Å². The number of aromatic nitrogens is 1. The summed E-state index contributed by atoms with van der Waals surface area (Å²) in [7, 11) is 2.04. The number of benzene rings is 1. The normalized spacial score (nSPS) is 10.4. The molecule has 0 atom stereocenters. The summed E-state index contributed by atoms with van der Waals surface area (Å²) < 4.78 is 5.63. The molecule has 0 spiro atoms. The molecule has 2 aromatic rings. The van der Waals surface area contributed by atoms with Gasteiger partial charge in [-0.1, -0.05) is 0 Å². The van der Waals surface area contributed by atoms with Crippen LogP contribution in [0.3, 0.4) is 0 Å². The lowest BCUT2D eigenvalue weighted by atomic mass is 10.2. The minimum absolute atomic E-state index is 0.618. The van der Waals surface area contributed by atoms with E-state index >= 15 is 0 Å². The Morgan fingerprint density at radius 1 is 1.37 bits per heavy atom. The van der Waals surface area contributed by atoms with E-state index in [0.717, 1.165) is 24.5 Å². The van der Waals surface area contributed by atoms with Gasteiger partial charge in [-0.3, -0.25) is 4.90 Å². The topological polar surface area (TPSA) is 49.1 Å². The van der Waals surface area contributed by atoms with E-state index in [-0.39, 0.29) is 0 Å². The maximum Gasteiger partial charge on any atom is 0.119 e. The number of hydrogen-bond acceptors (Lipinski definition) is 5. The molecule has 98 valence electrons. The summed E-state index contributed by atoms with van der Waals surface area (Å²) in [6, 6.07) is 9.24. The van der Waals surface area contributed by atoms with Crippen molar-refractivity contribution in [2.75, 3.05) is 20.2 Å². The van der Waals surface area contributed by atoms with Crippen LogP contribution in [0.15, 0.2) is 35.2 Å². The van der Waals surface area contributed by atoms with E-state index in [2.05, 4.69) is 21.3 Å². The van der Waals surface area contributed by atoms with Crippen molar-refractivity contribution in [2.45, 2.75) is 6.54 Å². The molecule has 0 bridgehead atoms. The third-order valence-electron chi connectivity index (χ3n) is 2.64. The molecule has 5 heteroatoms. The fourth-order valence-electron chi connectivity index (χ4n) is 1.62. The number of nitrogens with zero attached hydrogens (tertiary/aromatic N) is 3. The summed E-state index contributed by atoms with van der Waals surface area (Å²) in [5.74, 6) is 0.793. The summed E-state index contributed by atoms with van der Waals surface area (Å²) in [5, 5.41) is 10.8. The van der Waals surface area contributed by atoms with Crippen LogP contribution in [-0.2, 0) is 6.54 Å². The van der Waals surface area contributed by atoms with Crippen molar-refractivity contribution in [3.63, 3.8) is 0 Å². The fourth-order valence-corrected chi connectivity index (χ4v) is 2.17. The zero-order valence-electron chi connectivity index (χ0n) is 10.7. The summed E-state index contributed by atoms with van der Waals surface area (Å²) in [6.07, 6.45) is 0. The molecule has 0 amide bonds. The Hall–Kier alpha value is -1.90. The number of rotatable bonds is 6. The molecule has 0 fully saturated rings. The van der Waals surface area contributed by atoms with Crippen molar-refractivity contribution >= 4 is 11.3 Å². The second kappa shape index (κ2) is 6.88. The monoisotopic (exact) mass is 273 g/mol. The van der Waals surface area contributed by atoms with Gasteiger partial charge in [0.05, 0.1) is 22.8 Å². The minimum Gasteiger partial charge on any atom is -0.492 e. The van der Waals surface area contributed by atoms with E-state index in [0.29, 0.717) is 12.2 Å². The van der Waals surface area contributed by atoms with Gasteiger partial charge in [0.15, 0.2) is 0 Å². The first-order chi connectivity index (χ1) is 9.28. The molecule has 0 unspecified atom stereocenters. The van der Waals surface area contributed by atoms with Crippen LogP contribution in [0.4, 0.5) is 0 Å². The molecule has 0 aliphatic heterocycles. The van der Waals surface area contributed by atoms with Crippen molar-refractivity contribution in [3.8, 4) is 11.8 Å². The van der Waals surface area contributed by atoms with Gasteiger partial charge in [0, 0.05) is 18.5 Å². The molecule has 1 aromatic carbocycles. The van der Waals surface area contributed by atoms with Crippen LogP contribution in [-0.4, -0.2) is 30.1 Å². The van der Waals surface area contributed by atoms with Crippen molar-refractivity contribution in [3.05, 3.63) is 46.4 Å². The maximum atomic E-state index is 8.70. The summed E-state index contributed by atoms with van der Waals surface area (Å²) in [5.41, 5.74) is 3.58. The predicted octanol–water partition coefficient (Wildman–Crippen LogP) is 2.53. The number of nitriles is 1. The Balaban J connectivity index is 1.72. The van der Waals surface area contributed by atoms with Gasteiger partial charge in [0.25, 0.3) is 0 Å². The summed E-state index contributed by atoms with van der Waals surface area (Å²) >= 11 is 1.61. The van der Waals surface area contributed by atoms with Crippen LogP contribution in [0.1, 0.15) is 11.3 Å². The fraction of sp³-hybridized carbons (Fsp3) is 0.286. The number of hydrogen-bond donors (Lipinski definition) is 0. The van der Waals surface area contributed by atoms with Gasteiger partial charge in [-0.25, -0.2) is 4.98 Å². The van der Waals surface area contributed by atoms with Gasteiger partial charge in [-0.15, -0.1) is 11.3 Å². The molecule has 1 heterocycles. The van der Waals surface area contributed by atoms with Gasteiger partial charge >= 0.3 is 0 Å². The first-order valence-electron chi connectivity index (χ1n) is 5.96. The molecule has 19 heavy (non-hydrogen) atoms. The predicted molar refractivity (Wildman–Crippen MR) is 75.1 cm³/mol. The number of thiazole rings is 1. The maximum absolute atomic E-state index is 8.70. The molecule has 0 saturated heterocycles. The minimum atomic E-state index is 0.618. The Morgan fingerprint density at radius 2 is 2.16 bits per heavy atom. The zero-order valence-corrected chi connectivity index (χ0v) is 11.6. The molecule has 0 aliphatic carbocycles. The first-order valence-corrected chi connectivity index (χ1v) is 6.91. The Labute approximate surface area is 116 Å². The van der Waals surface area contributed by atoms with E-state index in [1.54, 1.807) is 23.5 Å². The lowest BCUT2D eigenvalue weighted by molar-refractivity contribution is 0.231. The van der Waals surface area contributed by atoms with Gasteiger partial charge in [0.1, 0.15) is 12.4 Å². The zero-order chi connectivity index (χ0) is 13.5. The lowest BCUT2D eigenvalue weighted by Gasteiger charge is -2.15. The smallest absolute Gasteiger partial charge is 0.119 e. The van der Waals surface area contributed by atoms with E-state index in [1.807, 2.05) is 24.7 Å². The molecule has 0 radical (unpaired) electrons. The molecular formula is C14H15N3OS. The molecule has 0 N–H and O–H groups in total. The molecule has 1 aromatic heterocycles. The molecule has 4 nitrogen and oxygen atoms in total. The Kier molecular flexibility index (Phi) is 4.90. The standard InChI is InChI=1S/C14H15N3OS/c1-17(9-13-10-19-11-16-13)6-7-18-14-4-2-12(8-15)3-5-14/h2-5,10-11H,6-7,9H2,1H3. The van der Waals surface area contributed by atoms with Gasteiger partial charge in [0.2, 0.25) is 0 Å². The highest BCUT2D eigenvalue weighted by atomic mass is 32.1. The van der Waals surface area contributed by atoms with Crippen LogP contribution in [0, 0.1) is 11.3 Å². The van der Waals surface area contributed by atoms with Crippen molar-refractivity contribution < 1.29 is 4.74 Å². The molecule has 0 aliphatic rings. The molecular weight excluding hydrogens is 258 g/mol. The van der Waals surface area contributed by atoms with Crippen molar-refractivity contribution in [1.29, 1.82) is 5.26 Å². The Bertz CT molecular complexity index is 531. The second-order valence-electron chi connectivity index (χ2n) is 4.20. The van der Waals surface area contributed by atoms with E-state index in [1.165, 1.54) is 0 Å². The SMILES string of the molecule is CN(CCOc1ccc(C#N)cc1)Cc1cscn1. The van der Waals surface area contributed by atoms with Gasteiger partial charge < -0.3 is 4.74 Å². The van der Waals surface area contributed by atoms with Gasteiger partial charge in [-0.2, -0.15) is 5.26 Å². The first kappa shape index (κ1) is 13.5. The van der Waals surface area contributed by atoms with E-state index < -0.39 is 0 Å². The van der Waals surface area contributed by atoms with Crippen molar-refractivity contribution in [1.82, 2.24) is 9.88 Å². The quantitative estimate of drug-likeness (QED) is 0.811. The van der Waals surface area contributed by atoms with E-state index in [4.69, 9.17) is 10.00 Å². The highest BCUT2D eigenvalue weighted by Gasteiger charge is 2.02.